The van der Waals surface area contributed by atoms with Crippen molar-refractivity contribution in [3.63, 3.8) is 0 Å². The number of fused-ring (bicyclic) bond motifs is 4. The predicted molar refractivity (Wildman–Crippen MR) is 235 cm³/mol. The molecule has 1 heterocycles. The number of benzene rings is 9. The number of anilines is 9. The maximum atomic E-state index is 7.17. The van der Waals surface area contributed by atoms with Gasteiger partial charge in [0, 0.05) is 67.4 Å². The lowest BCUT2D eigenvalue weighted by Crippen LogP contribution is -2.12. The Morgan fingerprint density at radius 1 is 0.268 bits per heavy atom. The van der Waals surface area contributed by atoms with Crippen molar-refractivity contribution in [2.75, 3.05) is 14.7 Å². The highest BCUT2D eigenvalue weighted by Crippen LogP contribution is 2.50. The zero-order valence-electron chi connectivity index (χ0n) is 30.6. The molecule has 10 rings (SSSR count). The number of hydrogen-bond donors (Lipinski definition) is 0. The van der Waals surface area contributed by atoms with Crippen LogP contribution in [0, 0.1) is 0 Å². The molecule has 0 atom stereocenters. The molecular formula is C52H37N3O. The van der Waals surface area contributed by atoms with Gasteiger partial charge in [0.2, 0.25) is 0 Å². The number of para-hydroxylation sites is 6. The Morgan fingerprint density at radius 3 is 1.16 bits per heavy atom. The third-order valence-electron chi connectivity index (χ3n) is 10.4. The van der Waals surface area contributed by atoms with Gasteiger partial charge in [0.05, 0.1) is 11.4 Å². The van der Waals surface area contributed by atoms with Gasteiger partial charge >= 0.3 is 0 Å². The Labute approximate surface area is 326 Å². The molecule has 9 aromatic carbocycles. The molecule has 0 saturated carbocycles. The first-order valence-corrected chi connectivity index (χ1v) is 18.9. The summed E-state index contributed by atoms with van der Waals surface area (Å²) < 4.78 is 7.17. The van der Waals surface area contributed by atoms with Gasteiger partial charge in [0.1, 0.15) is 5.58 Å². The zero-order valence-corrected chi connectivity index (χ0v) is 30.6. The first-order valence-electron chi connectivity index (χ1n) is 18.9. The molecule has 0 bridgehead atoms. The van der Waals surface area contributed by atoms with Crippen molar-refractivity contribution in [1.82, 2.24) is 0 Å². The summed E-state index contributed by atoms with van der Waals surface area (Å²) in [6.07, 6.45) is 0. The molecule has 10 aromatic rings. The second-order valence-corrected chi connectivity index (χ2v) is 13.8. The van der Waals surface area contributed by atoms with Gasteiger partial charge in [-0.05, 0) is 97.1 Å². The summed E-state index contributed by atoms with van der Waals surface area (Å²) in [5.41, 5.74) is 11.1. The second-order valence-electron chi connectivity index (χ2n) is 13.8. The quantitative estimate of drug-likeness (QED) is 0.148. The summed E-state index contributed by atoms with van der Waals surface area (Å²) >= 11 is 0. The Hall–Kier alpha value is -7.56. The summed E-state index contributed by atoms with van der Waals surface area (Å²) in [5, 5.41) is 4.29. The lowest BCUT2D eigenvalue weighted by molar-refractivity contribution is 0.669. The van der Waals surface area contributed by atoms with Crippen molar-refractivity contribution < 1.29 is 4.42 Å². The Bertz CT molecular complexity index is 2780. The topological polar surface area (TPSA) is 22.9 Å². The lowest BCUT2D eigenvalue weighted by atomic mass is 9.99. The SMILES string of the molecule is c1ccc(N(c2ccccc2)c2ccc3c(c2)oc2c(N(c4ccccc4)c4ccccc4)c4cccc(N(c5ccccc5)c5ccccc5)c4cc23)cc1. The summed E-state index contributed by atoms with van der Waals surface area (Å²) in [6.45, 7) is 0. The van der Waals surface area contributed by atoms with E-state index < -0.39 is 0 Å². The van der Waals surface area contributed by atoms with E-state index in [0.29, 0.717) is 0 Å². The van der Waals surface area contributed by atoms with Crippen LogP contribution in [0.3, 0.4) is 0 Å². The fourth-order valence-corrected chi connectivity index (χ4v) is 7.90. The molecule has 4 heteroatoms. The molecule has 56 heavy (non-hydrogen) atoms. The molecule has 0 amide bonds. The molecule has 0 aliphatic carbocycles. The fraction of sp³-hybridized carbons (Fsp3) is 0. The van der Waals surface area contributed by atoms with Gasteiger partial charge in [-0.2, -0.15) is 0 Å². The van der Waals surface area contributed by atoms with E-state index in [4.69, 9.17) is 4.42 Å². The predicted octanol–water partition coefficient (Wildman–Crippen LogP) is 15.1. The maximum absolute atomic E-state index is 7.17. The summed E-state index contributed by atoms with van der Waals surface area (Å²) in [5.74, 6) is 0. The number of rotatable bonds is 9. The minimum atomic E-state index is 0.816. The second kappa shape index (κ2) is 14.3. The van der Waals surface area contributed by atoms with Gasteiger partial charge in [-0.3, -0.25) is 0 Å². The van der Waals surface area contributed by atoms with E-state index in [1.807, 2.05) is 0 Å². The number of furan rings is 1. The molecule has 0 fully saturated rings. The van der Waals surface area contributed by atoms with Crippen LogP contribution in [0.1, 0.15) is 0 Å². The highest BCUT2D eigenvalue weighted by atomic mass is 16.3. The highest BCUT2D eigenvalue weighted by Gasteiger charge is 2.26. The van der Waals surface area contributed by atoms with E-state index in [2.05, 4.69) is 239 Å². The largest absolute Gasteiger partial charge is 0.454 e. The Kier molecular flexibility index (Phi) is 8.47. The van der Waals surface area contributed by atoms with Gasteiger partial charge in [0.15, 0.2) is 5.58 Å². The van der Waals surface area contributed by atoms with Gasteiger partial charge in [-0.1, -0.05) is 121 Å². The van der Waals surface area contributed by atoms with Gasteiger partial charge in [-0.15, -0.1) is 0 Å². The van der Waals surface area contributed by atoms with Crippen LogP contribution < -0.4 is 14.7 Å². The van der Waals surface area contributed by atoms with Gasteiger partial charge in [0.25, 0.3) is 0 Å². The summed E-state index contributed by atoms with van der Waals surface area (Å²) in [6, 6.07) is 79.0. The van der Waals surface area contributed by atoms with Crippen molar-refractivity contribution in [1.29, 1.82) is 0 Å². The van der Waals surface area contributed by atoms with Crippen LogP contribution in [0.5, 0.6) is 0 Å². The van der Waals surface area contributed by atoms with Crippen molar-refractivity contribution in [3.8, 4) is 0 Å². The molecule has 0 radical (unpaired) electrons. The van der Waals surface area contributed by atoms with Crippen LogP contribution in [0.4, 0.5) is 51.2 Å². The minimum Gasteiger partial charge on any atom is -0.454 e. The fourth-order valence-electron chi connectivity index (χ4n) is 7.90. The van der Waals surface area contributed by atoms with Gasteiger partial charge < -0.3 is 19.1 Å². The summed E-state index contributed by atoms with van der Waals surface area (Å²) in [7, 11) is 0. The number of hydrogen-bond acceptors (Lipinski definition) is 4. The van der Waals surface area contributed by atoms with Crippen LogP contribution in [-0.4, -0.2) is 0 Å². The zero-order chi connectivity index (χ0) is 37.3. The average Bonchev–Trinajstić information content (AvgIpc) is 3.64. The molecule has 0 aliphatic heterocycles. The van der Waals surface area contributed by atoms with Crippen LogP contribution in [0.25, 0.3) is 32.7 Å². The Morgan fingerprint density at radius 2 is 0.696 bits per heavy atom. The third kappa shape index (κ3) is 5.90. The molecule has 0 aliphatic rings. The molecule has 4 nitrogen and oxygen atoms in total. The molecule has 1 aromatic heterocycles. The number of nitrogens with zero attached hydrogens (tertiary/aromatic N) is 3. The lowest BCUT2D eigenvalue weighted by Gasteiger charge is -2.30. The molecule has 0 saturated heterocycles. The van der Waals surface area contributed by atoms with E-state index in [1.54, 1.807) is 0 Å². The Balaban J connectivity index is 1.29. The molecule has 0 spiro atoms. The minimum absolute atomic E-state index is 0.816. The highest BCUT2D eigenvalue weighted by molar-refractivity contribution is 6.22. The van der Waals surface area contributed by atoms with Crippen LogP contribution in [0.2, 0.25) is 0 Å². The summed E-state index contributed by atoms with van der Waals surface area (Å²) in [4.78, 5) is 6.97. The van der Waals surface area contributed by atoms with Crippen LogP contribution >= 0.6 is 0 Å². The smallest absolute Gasteiger partial charge is 0.160 e. The molecule has 266 valence electrons. The monoisotopic (exact) mass is 719 g/mol. The standard InChI is InChI=1S/C52H37N3O/c1-7-20-38(21-8-1)53(39-22-9-2-10-23-39)44-34-35-45-48-37-47-46(32-19-33-49(47)54(40-24-11-3-12-25-40)41-26-13-4-14-27-41)51(52(48)56-50(45)36-44)55(42-28-15-5-16-29-42)43-30-17-6-18-31-43/h1-37H. The van der Waals surface area contributed by atoms with E-state index in [-0.39, 0.29) is 0 Å². The normalized spacial score (nSPS) is 11.2. The van der Waals surface area contributed by atoms with Crippen LogP contribution in [-0.2, 0) is 0 Å². The molecule has 0 N–H and O–H groups in total. The van der Waals surface area contributed by atoms with Crippen molar-refractivity contribution in [2.45, 2.75) is 0 Å². The first kappa shape index (κ1) is 33.0. The first-order chi connectivity index (χ1) is 27.8. The third-order valence-corrected chi connectivity index (χ3v) is 10.4. The molecule has 0 unspecified atom stereocenters. The van der Waals surface area contributed by atoms with Crippen LogP contribution in [0.15, 0.2) is 229 Å². The van der Waals surface area contributed by atoms with E-state index in [1.165, 1.54) is 0 Å². The van der Waals surface area contributed by atoms with E-state index in [0.717, 1.165) is 83.9 Å². The average molecular weight is 720 g/mol. The van der Waals surface area contributed by atoms with E-state index >= 15 is 0 Å². The van der Waals surface area contributed by atoms with Crippen molar-refractivity contribution in [2.24, 2.45) is 0 Å². The van der Waals surface area contributed by atoms with Gasteiger partial charge in [-0.25, -0.2) is 0 Å². The van der Waals surface area contributed by atoms with Crippen molar-refractivity contribution >= 4 is 83.9 Å². The van der Waals surface area contributed by atoms with Crippen molar-refractivity contribution in [3.05, 3.63) is 224 Å². The maximum Gasteiger partial charge on any atom is 0.160 e. The molecular weight excluding hydrogens is 683 g/mol. The van der Waals surface area contributed by atoms with E-state index in [9.17, 15) is 0 Å².